The fraction of sp³-hybridized carbons (Fsp3) is 0.308. The molecule has 2 heterocycles. The van der Waals surface area contributed by atoms with Crippen LogP contribution in [-0.4, -0.2) is 50.5 Å². The van der Waals surface area contributed by atoms with Gasteiger partial charge < -0.3 is 10.2 Å². The molecular formula is C26H30N6O2. The summed E-state index contributed by atoms with van der Waals surface area (Å²) in [6.45, 7) is 5.81. The van der Waals surface area contributed by atoms with E-state index in [9.17, 15) is 9.59 Å². The number of nitrogens with one attached hydrogen (secondary N) is 1. The van der Waals surface area contributed by atoms with Crippen molar-refractivity contribution in [3.8, 4) is 5.69 Å². The van der Waals surface area contributed by atoms with E-state index in [1.165, 1.54) is 10.2 Å². The molecule has 4 rings (SSSR count). The van der Waals surface area contributed by atoms with Gasteiger partial charge in [-0.2, -0.15) is 10.2 Å². The minimum Gasteiger partial charge on any atom is -0.354 e. The molecule has 0 saturated carbocycles. The van der Waals surface area contributed by atoms with Crippen LogP contribution in [-0.2, 0) is 17.9 Å². The smallest absolute Gasteiger partial charge is 0.278 e. The van der Waals surface area contributed by atoms with Crippen LogP contribution < -0.4 is 10.9 Å². The number of hydrogen-bond acceptors (Lipinski definition) is 5. The van der Waals surface area contributed by atoms with Crippen molar-refractivity contribution in [3.05, 3.63) is 88.0 Å². The second kappa shape index (κ2) is 10.4. The van der Waals surface area contributed by atoms with Crippen LogP contribution in [0.25, 0.3) is 16.6 Å². The fourth-order valence-electron chi connectivity index (χ4n) is 4.09. The van der Waals surface area contributed by atoms with E-state index in [-0.39, 0.29) is 18.0 Å². The van der Waals surface area contributed by atoms with Crippen LogP contribution in [0.3, 0.4) is 0 Å². The molecule has 2 aromatic carbocycles. The minimum atomic E-state index is -0.307. The molecule has 0 radical (unpaired) electrons. The number of hydrogen-bond donors (Lipinski definition) is 1. The number of rotatable bonds is 9. The van der Waals surface area contributed by atoms with Crippen molar-refractivity contribution in [3.63, 3.8) is 0 Å². The highest BCUT2D eigenvalue weighted by Crippen LogP contribution is 2.19. The summed E-state index contributed by atoms with van der Waals surface area (Å²) in [7, 11) is 2.06. The van der Waals surface area contributed by atoms with Crippen molar-refractivity contribution in [2.75, 3.05) is 20.1 Å². The standard InChI is InChI=1S/C26H30N6O2/c1-19-25-24(20(2)32(29-25)22-13-8-5-9-14-22)26(34)31(28-19)18-23(33)27-15-10-16-30(3)17-21-11-6-4-7-12-21/h4-9,11-14H,10,15-18H2,1-3H3,(H,27,33). The fourth-order valence-corrected chi connectivity index (χ4v) is 4.09. The number of benzene rings is 2. The molecule has 0 spiro atoms. The molecule has 4 aromatic rings. The zero-order valence-corrected chi connectivity index (χ0v) is 19.9. The molecule has 176 valence electrons. The molecule has 0 saturated heterocycles. The molecule has 34 heavy (non-hydrogen) atoms. The Morgan fingerprint density at radius 1 is 1.00 bits per heavy atom. The van der Waals surface area contributed by atoms with Gasteiger partial charge in [0.2, 0.25) is 5.91 Å². The predicted octanol–water partition coefficient (Wildman–Crippen LogP) is 2.84. The molecule has 0 bridgehead atoms. The monoisotopic (exact) mass is 458 g/mol. The number of fused-ring (bicyclic) bond motifs is 1. The molecule has 8 nitrogen and oxygen atoms in total. The Labute approximate surface area is 198 Å². The van der Waals surface area contributed by atoms with E-state index < -0.39 is 0 Å². The predicted molar refractivity (Wildman–Crippen MR) is 133 cm³/mol. The van der Waals surface area contributed by atoms with E-state index in [1.54, 1.807) is 11.6 Å². The zero-order valence-electron chi connectivity index (χ0n) is 19.9. The van der Waals surface area contributed by atoms with E-state index in [2.05, 4.69) is 39.6 Å². The van der Waals surface area contributed by atoms with Crippen LogP contribution in [0.2, 0.25) is 0 Å². The van der Waals surface area contributed by atoms with Gasteiger partial charge in [-0.25, -0.2) is 9.36 Å². The third-order valence-electron chi connectivity index (χ3n) is 5.81. The Hall–Kier alpha value is -3.78. The lowest BCUT2D eigenvalue weighted by molar-refractivity contribution is -0.121. The van der Waals surface area contributed by atoms with Gasteiger partial charge in [0.25, 0.3) is 5.56 Å². The molecule has 0 aliphatic rings. The number of para-hydroxylation sites is 1. The Morgan fingerprint density at radius 3 is 2.38 bits per heavy atom. The van der Waals surface area contributed by atoms with Gasteiger partial charge in [0.05, 0.1) is 22.5 Å². The number of aryl methyl sites for hydroxylation is 2. The first-order valence-electron chi connectivity index (χ1n) is 11.5. The SMILES string of the molecule is Cc1nn(CC(=O)NCCCN(C)Cc2ccccc2)c(=O)c2c(C)n(-c3ccccc3)nc12. The maximum Gasteiger partial charge on any atom is 0.278 e. The topological polar surface area (TPSA) is 85.0 Å². The summed E-state index contributed by atoms with van der Waals surface area (Å²) < 4.78 is 2.98. The van der Waals surface area contributed by atoms with Gasteiger partial charge in [0, 0.05) is 13.1 Å². The second-order valence-corrected chi connectivity index (χ2v) is 8.53. The van der Waals surface area contributed by atoms with E-state index in [4.69, 9.17) is 0 Å². The van der Waals surface area contributed by atoms with Crippen molar-refractivity contribution in [2.24, 2.45) is 0 Å². The Balaban J connectivity index is 1.38. The van der Waals surface area contributed by atoms with Crippen LogP contribution >= 0.6 is 0 Å². The van der Waals surface area contributed by atoms with E-state index in [1.807, 2.05) is 55.5 Å². The number of nitrogens with zero attached hydrogens (tertiary/aromatic N) is 5. The van der Waals surface area contributed by atoms with Crippen LogP contribution in [0.1, 0.15) is 23.4 Å². The molecule has 0 aliphatic heterocycles. The van der Waals surface area contributed by atoms with Crippen LogP contribution in [0, 0.1) is 13.8 Å². The lowest BCUT2D eigenvalue weighted by Gasteiger charge is -2.16. The molecule has 8 heteroatoms. The molecular weight excluding hydrogens is 428 g/mol. The highest BCUT2D eigenvalue weighted by molar-refractivity contribution is 5.83. The van der Waals surface area contributed by atoms with E-state index >= 15 is 0 Å². The normalized spacial score (nSPS) is 11.3. The molecule has 0 unspecified atom stereocenters. The van der Waals surface area contributed by atoms with Crippen molar-refractivity contribution >= 4 is 16.8 Å². The van der Waals surface area contributed by atoms with Gasteiger partial charge in [-0.15, -0.1) is 0 Å². The maximum atomic E-state index is 13.1. The summed E-state index contributed by atoms with van der Waals surface area (Å²) in [5.74, 6) is -0.229. The highest BCUT2D eigenvalue weighted by Gasteiger charge is 2.18. The summed E-state index contributed by atoms with van der Waals surface area (Å²) in [6, 6.07) is 19.9. The van der Waals surface area contributed by atoms with Gasteiger partial charge in [-0.3, -0.25) is 9.59 Å². The Bertz CT molecular complexity index is 1330. The second-order valence-electron chi connectivity index (χ2n) is 8.53. The van der Waals surface area contributed by atoms with Gasteiger partial charge >= 0.3 is 0 Å². The number of carbonyl (C=O) groups excluding carboxylic acids is 1. The molecule has 1 N–H and O–H groups in total. The number of amides is 1. The van der Waals surface area contributed by atoms with Crippen molar-refractivity contribution < 1.29 is 4.79 Å². The first-order valence-corrected chi connectivity index (χ1v) is 11.5. The number of carbonyl (C=O) groups is 1. The molecule has 1 amide bonds. The first kappa shape index (κ1) is 23.4. The quantitative estimate of drug-likeness (QED) is 0.390. The molecule has 2 aromatic heterocycles. The third kappa shape index (κ3) is 5.23. The van der Waals surface area contributed by atoms with Crippen LogP contribution in [0.4, 0.5) is 0 Å². The Kier molecular flexibility index (Phi) is 7.18. The maximum absolute atomic E-state index is 13.1. The van der Waals surface area contributed by atoms with Crippen LogP contribution in [0.5, 0.6) is 0 Å². The molecule has 0 fully saturated rings. The van der Waals surface area contributed by atoms with Crippen LogP contribution in [0.15, 0.2) is 65.5 Å². The lowest BCUT2D eigenvalue weighted by Crippen LogP contribution is -2.35. The first-order chi connectivity index (χ1) is 16.4. The summed E-state index contributed by atoms with van der Waals surface area (Å²) in [6.07, 6.45) is 0.818. The van der Waals surface area contributed by atoms with Gasteiger partial charge in [-0.1, -0.05) is 48.5 Å². The average molecular weight is 459 g/mol. The zero-order chi connectivity index (χ0) is 24.1. The number of aromatic nitrogens is 4. The summed E-state index contributed by atoms with van der Waals surface area (Å²) in [5.41, 5.74) is 3.73. The average Bonchev–Trinajstić information content (AvgIpc) is 3.19. The minimum absolute atomic E-state index is 0.120. The van der Waals surface area contributed by atoms with Crippen molar-refractivity contribution in [2.45, 2.75) is 33.4 Å². The largest absolute Gasteiger partial charge is 0.354 e. The van der Waals surface area contributed by atoms with Gasteiger partial charge in [-0.05, 0) is 51.6 Å². The lowest BCUT2D eigenvalue weighted by atomic mass is 10.2. The summed E-state index contributed by atoms with van der Waals surface area (Å²) in [5, 5.41) is 12.4. The van der Waals surface area contributed by atoms with Crippen molar-refractivity contribution in [1.82, 2.24) is 29.8 Å². The van der Waals surface area contributed by atoms with Crippen molar-refractivity contribution in [1.29, 1.82) is 0 Å². The van der Waals surface area contributed by atoms with E-state index in [0.717, 1.165) is 30.9 Å². The highest BCUT2D eigenvalue weighted by atomic mass is 16.2. The third-order valence-corrected chi connectivity index (χ3v) is 5.81. The van der Waals surface area contributed by atoms with Gasteiger partial charge in [0.1, 0.15) is 12.1 Å². The summed E-state index contributed by atoms with van der Waals surface area (Å²) in [4.78, 5) is 27.9. The van der Waals surface area contributed by atoms with E-state index in [0.29, 0.717) is 23.1 Å². The summed E-state index contributed by atoms with van der Waals surface area (Å²) >= 11 is 0. The molecule has 0 atom stereocenters. The molecule has 0 aliphatic carbocycles. The van der Waals surface area contributed by atoms with Gasteiger partial charge in [0.15, 0.2) is 0 Å². The Morgan fingerprint density at radius 2 is 1.68 bits per heavy atom.